The molecule has 0 N–H and O–H groups in total. The molecule has 5 nitrogen and oxygen atoms in total. The van der Waals surface area contributed by atoms with E-state index < -0.39 is 13.8 Å². The Balaban J connectivity index is -0.000000320. The van der Waals surface area contributed by atoms with Crippen molar-refractivity contribution in [2.45, 2.75) is 13.3 Å². The molecule has 0 amide bonds. The molecule has 0 bridgehead atoms. The van der Waals surface area contributed by atoms with Crippen LogP contribution in [0.15, 0.2) is 0 Å². The van der Waals surface area contributed by atoms with Gasteiger partial charge in [0, 0.05) is 6.42 Å². The predicted octanol–water partition coefficient (Wildman–Crippen LogP) is -7.22. The van der Waals surface area contributed by atoms with Gasteiger partial charge in [0.1, 0.15) is 7.82 Å². The van der Waals surface area contributed by atoms with Gasteiger partial charge < -0.3 is 18.9 Å². The molecular formula is C3H5Na2O5P. The van der Waals surface area contributed by atoms with Gasteiger partial charge >= 0.3 is 65.1 Å². The van der Waals surface area contributed by atoms with Gasteiger partial charge in [0.15, 0.2) is 0 Å². The van der Waals surface area contributed by atoms with E-state index in [1.807, 2.05) is 0 Å². The van der Waals surface area contributed by atoms with E-state index in [9.17, 15) is 19.1 Å². The SMILES string of the molecule is CCC(=O)OP(=O)([O-])[O-].[Na+].[Na+]. The van der Waals surface area contributed by atoms with Crippen molar-refractivity contribution in [1.82, 2.24) is 0 Å². The average Bonchev–Trinajstić information content (AvgIpc) is 1.62. The molecule has 0 heterocycles. The molecule has 0 aromatic carbocycles. The number of phosphoric acid groups is 1. The van der Waals surface area contributed by atoms with Crippen LogP contribution in [0.25, 0.3) is 0 Å². The minimum atomic E-state index is -5.09. The van der Waals surface area contributed by atoms with Crippen molar-refractivity contribution in [3.05, 3.63) is 0 Å². The van der Waals surface area contributed by atoms with Gasteiger partial charge in [-0.1, -0.05) is 6.92 Å². The normalized spacial score (nSPS) is 9.00. The number of hydrogen-bond donors (Lipinski definition) is 0. The van der Waals surface area contributed by atoms with E-state index in [2.05, 4.69) is 4.52 Å². The van der Waals surface area contributed by atoms with Crippen molar-refractivity contribution >= 4 is 13.8 Å². The maximum Gasteiger partial charge on any atom is 1.00 e. The standard InChI is InChI=1S/C3H7O5P.2Na/c1-2-3(4)8-9(5,6)7;;/h2H2,1H3,(H2,5,6,7);;/q;2*+1/p-2. The van der Waals surface area contributed by atoms with Crippen LogP contribution in [0.3, 0.4) is 0 Å². The molecule has 0 spiro atoms. The Labute approximate surface area is 109 Å². The third-order valence-corrected chi connectivity index (χ3v) is 0.930. The van der Waals surface area contributed by atoms with Crippen molar-refractivity contribution in [3.8, 4) is 0 Å². The van der Waals surface area contributed by atoms with Gasteiger partial charge in [-0.2, -0.15) is 0 Å². The molecule has 0 radical (unpaired) electrons. The van der Waals surface area contributed by atoms with Gasteiger partial charge in [-0.3, -0.25) is 4.79 Å². The summed E-state index contributed by atoms with van der Waals surface area (Å²) in [6.07, 6.45) is -0.117. The first-order chi connectivity index (χ1) is 3.95. The number of rotatable bonds is 2. The van der Waals surface area contributed by atoms with Crippen LogP contribution in [-0.4, -0.2) is 5.97 Å². The molecule has 0 saturated heterocycles. The maximum absolute atomic E-state index is 10.0. The number of carbonyl (C=O) groups excluding carboxylic acids is 1. The van der Waals surface area contributed by atoms with E-state index in [0.29, 0.717) is 0 Å². The molecule has 0 aliphatic rings. The molecule has 0 rings (SSSR count). The average molecular weight is 198 g/mol. The summed E-state index contributed by atoms with van der Waals surface area (Å²) in [5, 5.41) is 0. The quantitative estimate of drug-likeness (QED) is 0.325. The van der Waals surface area contributed by atoms with Crippen LogP contribution in [0.2, 0.25) is 0 Å². The molecule has 0 aliphatic heterocycles. The molecule has 0 aliphatic carbocycles. The second kappa shape index (κ2) is 8.23. The summed E-state index contributed by atoms with van der Waals surface area (Å²) in [5.41, 5.74) is 0. The molecule has 0 fully saturated rings. The predicted molar refractivity (Wildman–Crippen MR) is 24.0 cm³/mol. The van der Waals surface area contributed by atoms with Crippen molar-refractivity contribution < 1.29 is 82.8 Å². The molecule has 0 atom stereocenters. The summed E-state index contributed by atoms with van der Waals surface area (Å²) in [6, 6.07) is 0. The van der Waals surface area contributed by atoms with Gasteiger partial charge in [-0.25, -0.2) is 0 Å². The largest absolute Gasteiger partial charge is 1.00 e. The smallest absolute Gasteiger partial charge is 0.780 e. The summed E-state index contributed by atoms with van der Waals surface area (Å²) in [6.45, 7) is 1.39. The summed E-state index contributed by atoms with van der Waals surface area (Å²) >= 11 is 0. The second-order valence-electron chi connectivity index (χ2n) is 1.26. The molecule has 54 valence electrons. The number of phosphoric ester groups is 1. The molecule has 11 heavy (non-hydrogen) atoms. The van der Waals surface area contributed by atoms with E-state index >= 15 is 0 Å². The maximum atomic E-state index is 10.0. The summed E-state index contributed by atoms with van der Waals surface area (Å²) < 4.78 is 13.0. The molecule has 8 heteroatoms. The van der Waals surface area contributed by atoms with Gasteiger partial charge in [0.05, 0.1) is 0 Å². The van der Waals surface area contributed by atoms with Crippen molar-refractivity contribution in [1.29, 1.82) is 0 Å². The van der Waals surface area contributed by atoms with Crippen LogP contribution in [-0.2, 0) is 13.9 Å². The van der Waals surface area contributed by atoms with Crippen LogP contribution in [0.4, 0.5) is 0 Å². The van der Waals surface area contributed by atoms with Crippen LogP contribution >= 0.6 is 7.82 Å². The first-order valence-electron chi connectivity index (χ1n) is 2.20. The Hall–Kier alpha value is 1.62. The number of carbonyl (C=O) groups is 1. The molecule has 0 aromatic heterocycles. The first-order valence-corrected chi connectivity index (χ1v) is 3.66. The zero-order chi connectivity index (χ0) is 7.49. The summed E-state index contributed by atoms with van der Waals surface area (Å²) in [5.74, 6) is -1.02. The molecule has 0 aromatic rings. The zero-order valence-corrected chi connectivity index (χ0v) is 11.6. The zero-order valence-electron chi connectivity index (χ0n) is 6.70. The summed E-state index contributed by atoms with van der Waals surface area (Å²) in [4.78, 5) is 29.3. The number of hydrogen-bond acceptors (Lipinski definition) is 5. The minimum absolute atomic E-state index is 0. The molecular weight excluding hydrogens is 193 g/mol. The Morgan fingerprint density at radius 2 is 1.82 bits per heavy atom. The third kappa shape index (κ3) is 14.5. The van der Waals surface area contributed by atoms with Crippen molar-refractivity contribution in [2.75, 3.05) is 0 Å². The Morgan fingerprint density at radius 1 is 1.45 bits per heavy atom. The second-order valence-corrected chi connectivity index (χ2v) is 2.34. The van der Waals surface area contributed by atoms with E-state index in [-0.39, 0.29) is 65.5 Å². The fourth-order valence-corrected chi connectivity index (χ4v) is 0.568. The van der Waals surface area contributed by atoms with E-state index in [1.54, 1.807) is 0 Å². The van der Waals surface area contributed by atoms with Crippen LogP contribution in [0.1, 0.15) is 13.3 Å². The Morgan fingerprint density at radius 3 is 1.91 bits per heavy atom. The summed E-state index contributed by atoms with van der Waals surface area (Å²) in [7, 11) is -5.09. The topological polar surface area (TPSA) is 89.5 Å². The van der Waals surface area contributed by atoms with E-state index in [4.69, 9.17) is 0 Å². The molecule has 0 saturated carbocycles. The fourth-order valence-electron chi connectivity index (χ4n) is 0.189. The first kappa shape index (κ1) is 18.4. The van der Waals surface area contributed by atoms with Crippen LogP contribution in [0, 0.1) is 0 Å². The van der Waals surface area contributed by atoms with Gasteiger partial charge in [0.25, 0.3) is 0 Å². The van der Waals surface area contributed by atoms with Crippen LogP contribution in [0.5, 0.6) is 0 Å². The Kier molecular flexibility index (Phi) is 13.8. The van der Waals surface area contributed by atoms with Crippen molar-refractivity contribution in [3.63, 3.8) is 0 Å². The monoisotopic (exact) mass is 198 g/mol. The van der Waals surface area contributed by atoms with Crippen molar-refractivity contribution in [2.24, 2.45) is 0 Å². The fraction of sp³-hybridized carbons (Fsp3) is 0.667. The van der Waals surface area contributed by atoms with E-state index in [1.165, 1.54) is 6.92 Å². The van der Waals surface area contributed by atoms with Gasteiger partial charge in [-0.15, -0.1) is 0 Å². The third-order valence-electron chi connectivity index (χ3n) is 0.502. The molecule has 0 unspecified atom stereocenters. The minimum Gasteiger partial charge on any atom is -0.780 e. The Bertz CT molecular complexity index is 154. The van der Waals surface area contributed by atoms with Crippen LogP contribution < -0.4 is 68.9 Å². The van der Waals surface area contributed by atoms with Gasteiger partial charge in [-0.05, 0) is 0 Å². The van der Waals surface area contributed by atoms with E-state index in [0.717, 1.165) is 0 Å². The van der Waals surface area contributed by atoms with Gasteiger partial charge in [0.2, 0.25) is 0 Å².